The van der Waals surface area contributed by atoms with Gasteiger partial charge in [-0.3, -0.25) is 4.79 Å². The summed E-state index contributed by atoms with van der Waals surface area (Å²) in [5, 5.41) is 7.53. The average Bonchev–Trinajstić information content (AvgIpc) is 2.45. The van der Waals surface area contributed by atoms with E-state index < -0.39 is 11.9 Å². The van der Waals surface area contributed by atoms with Crippen molar-refractivity contribution >= 4 is 17.5 Å². The predicted octanol–water partition coefficient (Wildman–Crippen LogP) is 1.08. The third-order valence-corrected chi connectivity index (χ3v) is 2.96. The third kappa shape index (κ3) is 2.47. The van der Waals surface area contributed by atoms with E-state index in [1.165, 1.54) is 19.5 Å². The van der Waals surface area contributed by atoms with Gasteiger partial charge in [0.2, 0.25) is 0 Å². The number of carbonyl (C=O) groups excluding carboxylic acids is 2. The molecule has 19 heavy (non-hydrogen) atoms. The van der Waals surface area contributed by atoms with Crippen molar-refractivity contribution < 1.29 is 19.1 Å². The SMILES string of the molecule is CCOC(=O)C1CC=C(C(=O)OC)c2cnncc21. The fourth-order valence-corrected chi connectivity index (χ4v) is 2.08. The molecule has 1 heterocycles. The Morgan fingerprint density at radius 3 is 2.79 bits per heavy atom. The fraction of sp³-hybridized carbons (Fsp3) is 0.385. The Balaban J connectivity index is 2.40. The van der Waals surface area contributed by atoms with E-state index in [1.54, 1.807) is 13.0 Å². The van der Waals surface area contributed by atoms with E-state index in [0.717, 1.165) is 0 Å². The molecule has 100 valence electrons. The van der Waals surface area contributed by atoms with Crippen molar-refractivity contribution in [1.82, 2.24) is 10.2 Å². The zero-order valence-electron chi connectivity index (χ0n) is 10.8. The summed E-state index contributed by atoms with van der Waals surface area (Å²) in [6.45, 7) is 2.07. The number of esters is 2. The lowest BCUT2D eigenvalue weighted by Gasteiger charge is -2.22. The van der Waals surface area contributed by atoms with Gasteiger partial charge in [0, 0.05) is 5.56 Å². The molecule has 0 aliphatic heterocycles. The van der Waals surface area contributed by atoms with Crippen molar-refractivity contribution in [3.63, 3.8) is 0 Å². The van der Waals surface area contributed by atoms with Crippen LogP contribution in [-0.2, 0) is 19.1 Å². The molecule has 0 bridgehead atoms. The van der Waals surface area contributed by atoms with Crippen LogP contribution in [0.3, 0.4) is 0 Å². The summed E-state index contributed by atoms with van der Waals surface area (Å²) < 4.78 is 9.75. The van der Waals surface area contributed by atoms with Crippen LogP contribution in [0.2, 0.25) is 0 Å². The van der Waals surface area contributed by atoms with Gasteiger partial charge in [-0.15, -0.1) is 0 Å². The van der Waals surface area contributed by atoms with Crippen LogP contribution in [0.4, 0.5) is 0 Å². The molecule has 0 amide bonds. The highest BCUT2D eigenvalue weighted by atomic mass is 16.5. The smallest absolute Gasteiger partial charge is 0.338 e. The van der Waals surface area contributed by atoms with Gasteiger partial charge >= 0.3 is 11.9 Å². The average molecular weight is 262 g/mol. The van der Waals surface area contributed by atoms with Crippen molar-refractivity contribution in [3.8, 4) is 0 Å². The predicted molar refractivity (Wildman–Crippen MR) is 66.0 cm³/mol. The minimum atomic E-state index is -0.448. The van der Waals surface area contributed by atoms with Crippen molar-refractivity contribution in [2.45, 2.75) is 19.3 Å². The molecule has 2 rings (SSSR count). The molecule has 6 heteroatoms. The highest BCUT2D eigenvalue weighted by Gasteiger charge is 2.31. The van der Waals surface area contributed by atoms with E-state index in [2.05, 4.69) is 10.2 Å². The second-order valence-electron chi connectivity index (χ2n) is 4.01. The summed E-state index contributed by atoms with van der Waals surface area (Å²) in [6, 6.07) is 0. The van der Waals surface area contributed by atoms with Gasteiger partial charge in [0.15, 0.2) is 0 Å². The molecule has 1 unspecified atom stereocenters. The largest absolute Gasteiger partial charge is 0.466 e. The summed E-state index contributed by atoms with van der Waals surface area (Å²) in [5.74, 6) is -1.22. The highest BCUT2D eigenvalue weighted by Crippen LogP contribution is 2.34. The Morgan fingerprint density at radius 2 is 2.11 bits per heavy atom. The second kappa shape index (κ2) is 5.60. The summed E-state index contributed by atoms with van der Waals surface area (Å²) >= 11 is 0. The maximum atomic E-state index is 11.9. The molecular formula is C13H14N2O4. The summed E-state index contributed by atoms with van der Waals surface area (Å²) in [6.07, 6.45) is 5.02. The standard InChI is InChI=1S/C13H14N2O4/c1-3-19-13(17)9-5-4-8(12(16)18-2)10-6-14-15-7-11(9)10/h4,6-7,9H,3,5H2,1-2H3. The number of nitrogens with zero attached hydrogens (tertiary/aromatic N) is 2. The van der Waals surface area contributed by atoms with Gasteiger partial charge < -0.3 is 9.47 Å². The Bertz CT molecular complexity index is 539. The topological polar surface area (TPSA) is 78.4 Å². The quantitative estimate of drug-likeness (QED) is 0.758. The van der Waals surface area contributed by atoms with Crippen molar-refractivity contribution in [2.24, 2.45) is 0 Å². The van der Waals surface area contributed by atoms with Crippen molar-refractivity contribution in [1.29, 1.82) is 0 Å². The fourth-order valence-electron chi connectivity index (χ4n) is 2.08. The van der Waals surface area contributed by atoms with Gasteiger partial charge in [0.05, 0.1) is 37.6 Å². The van der Waals surface area contributed by atoms with E-state index in [-0.39, 0.29) is 5.97 Å². The molecule has 1 aromatic rings. The lowest BCUT2D eigenvalue weighted by Crippen LogP contribution is -2.21. The minimum Gasteiger partial charge on any atom is -0.466 e. The minimum absolute atomic E-state index is 0.316. The van der Waals surface area contributed by atoms with Crippen LogP contribution in [0.15, 0.2) is 18.5 Å². The molecule has 6 nitrogen and oxygen atoms in total. The van der Waals surface area contributed by atoms with Crippen LogP contribution >= 0.6 is 0 Å². The van der Waals surface area contributed by atoms with Crippen molar-refractivity contribution in [2.75, 3.05) is 13.7 Å². The zero-order chi connectivity index (χ0) is 13.8. The summed E-state index contributed by atoms with van der Waals surface area (Å²) in [7, 11) is 1.31. The Morgan fingerprint density at radius 1 is 1.37 bits per heavy atom. The van der Waals surface area contributed by atoms with Crippen molar-refractivity contribution in [3.05, 3.63) is 29.6 Å². The molecule has 0 saturated heterocycles. The first-order chi connectivity index (χ1) is 9.19. The molecule has 0 N–H and O–H groups in total. The normalized spacial score (nSPS) is 17.2. The summed E-state index contributed by atoms with van der Waals surface area (Å²) in [5.41, 5.74) is 1.63. The lowest BCUT2D eigenvalue weighted by atomic mass is 9.85. The molecule has 1 aliphatic rings. The molecule has 0 aromatic carbocycles. The second-order valence-corrected chi connectivity index (χ2v) is 4.01. The first-order valence-corrected chi connectivity index (χ1v) is 5.95. The number of rotatable bonds is 3. The lowest BCUT2D eigenvalue weighted by molar-refractivity contribution is -0.145. The number of allylic oxidation sites excluding steroid dienone is 1. The van der Waals surface area contributed by atoms with E-state index in [9.17, 15) is 9.59 Å². The monoisotopic (exact) mass is 262 g/mol. The Labute approximate surface area is 110 Å². The highest BCUT2D eigenvalue weighted by molar-refractivity contribution is 6.17. The number of methoxy groups -OCH3 is 1. The van der Waals surface area contributed by atoms with E-state index >= 15 is 0 Å². The maximum Gasteiger partial charge on any atom is 0.338 e. The third-order valence-electron chi connectivity index (χ3n) is 2.96. The number of ether oxygens (including phenoxy) is 2. The first-order valence-electron chi connectivity index (χ1n) is 5.95. The van der Waals surface area contributed by atoms with Gasteiger partial charge in [-0.05, 0) is 18.9 Å². The number of hydrogen-bond acceptors (Lipinski definition) is 6. The van der Waals surface area contributed by atoms with Crippen LogP contribution in [0, 0.1) is 0 Å². The van der Waals surface area contributed by atoms with Crippen LogP contribution < -0.4 is 0 Å². The number of aromatic nitrogens is 2. The molecule has 0 spiro atoms. The van der Waals surface area contributed by atoms with E-state index in [1.807, 2.05) is 0 Å². The van der Waals surface area contributed by atoms with E-state index in [4.69, 9.17) is 9.47 Å². The van der Waals surface area contributed by atoms with E-state index in [0.29, 0.717) is 29.7 Å². The van der Waals surface area contributed by atoms with Gasteiger partial charge in [0.25, 0.3) is 0 Å². The van der Waals surface area contributed by atoms with Gasteiger partial charge in [0.1, 0.15) is 0 Å². The molecule has 0 radical (unpaired) electrons. The molecule has 0 saturated carbocycles. The number of hydrogen-bond donors (Lipinski definition) is 0. The molecule has 0 fully saturated rings. The number of carbonyl (C=O) groups is 2. The van der Waals surface area contributed by atoms with Crippen LogP contribution in [-0.4, -0.2) is 35.9 Å². The van der Waals surface area contributed by atoms with Crippen LogP contribution in [0.5, 0.6) is 0 Å². The zero-order valence-corrected chi connectivity index (χ0v) is 10.8. The molecule has 1 aliphatic carbocycles. The molecule has 1 atom stereocenters. The Kier molecular flexibility index (Phi) is 3.89. The first kappa shape index (κ1) is 13.2. The van der Waals surface area contributed by atoms with Gasteiger partial charge in [-0.25, -0.2) is 4.79 Å². The molecule has 1 aromatic heterocycles. The Hall–Kier alpha value is -2.24. The molecular weight excluding hydrogens is 248 g/mol. The summed E-state index contributed by atoms with van der Waals surface area (Å²) in [4.78, 5) is 23.6. The van der Waals surface area contributed by atoms with Crippen LogP contribution in [0.1, 0.15) is 30.4 Å². The number of fused-ring (bicyclic) bond motifs is 1. The maximum absolute atomic E-state index is 11.9. The van der Waals surface area contributed by atoms with Gasteiger partial charge in [-0.2, -0.15) is 10.2 Å². The van der Waals surface area contributed by atoms with Crippen LogP contribution in [0.25, 0.3) is 5.57 Å². The van der Waals surface area contributed by atoms with Gasteiger partial charge in [-0.1, -0.05) is 6.08 Å².